The molecule has 5 heteroatoms. The second kappa shape index (κ2) is 6.69. The zero-order chi connectivity index (χ0) is 18.3. The summed E-state index contributed by atoms with van der Waals surface area (Å²) in [5.41, 5.74) is 2.39. The highest BCUT2D eigenvalue weighted by atomic mass is 16.5. The topological polar surface area (TPSA) is 72.0 Å². The van der Waals surface area contributed by atoms with Gasteiger partial charge in [0, 0.05) is 24.9 Å². The number of rotatable bonds is 5. The molecule has 5 nitrogen and oxygen atoms in total. The van der Waals surface area contributed by atoms with Crippen LogP contribution in [0, 0.1) is 24.7 Å². The number of anilines is 1. The molecule has 4 bridgehead atoms. The summed E-state index contributed by atoms with van der Waals surface area (Å²) in [4.78, 5) is 24.3. The van der Waals surface area contributed by atoms with E-state index in [1.54, 1.807) is 12.1 Å². The van der Waals surface area contributed by atoms with Gasteiger partial charge in [-0.05, 0) is 61.6 Å². The minimum atomic E-state index is -0.388. The third-order valence-electron chi connectivity index (χ3n) is 6.74. The van der Waals surface area contributed by atoms with Crippen molar-refractivity contribution in [2.45, 2.75) is 51.0 Å². The fourth-order valence-corrected chi connectivity index (χ4v) is 5.94. The highest BCUT2D eigenvalue weighted by Gasteiger charge is 2.53. The van der Waals surface area contributed by atoms with Crippen LogP contribution in [-0.4, -0.2) is 31.1 Å². The Kier molecular flexibility index (Phi) is 4.51. The summed E-state index contributed by atoms with van der Waals surface area (Å²) < 4.78 is 4.76. The van der Waals surface area contributed by atoms with E-state index in [4.69, 9.17) is 4.74 Å². The number of hydrogen-bond donors (Lipinski definition) is 2. The van der Waals surface area contributed by atoms with Crippen molar-refractivity contribution in [3.05, 3.63) is 29.3 Å². The average molecular weight is 357 g/mol. The van der Waals surface area contributed by atoms with Crippen molar-refractivity contribution >= 4 is 17.6 Å². The first-order valence-corrected chi connectivity index (χ1v) is 9.79. The van der Waals surface area contributed by atoms with E-state index in [0.29, 0.717) is 23.3 Å². The average Bonchev–Trinajstić information content (AvgIpc) is 2.60. The van der Waals surface area contributed by atoms with Crippen molar-refractivity contribution in [3.63, 3.8) is 0 Å². The lowest BCUT2D eigenvalue weighted by Gasteiger charge is -2.54. The Labute approximate surface area is 154 Å². The number of hydrogen-bond acceptors (Lipinski definition) is 3. The highest BCUT2D eigenvalue weighted by Crippen LogP contribution is 2.54. The van der Waals surface area contributed by atoms with Gasteiger partial charge in [-0.25, -0.2) is 4.79 Å². The molecule has 1 aromatic rings. The van der Waals surface area contributed by atoms with Gasteiger partial charge in [0.2, 0.25) is 0 Å². The quantitative estimate of drug-likeness (QED) is 0.794. The van der Waals surface area contributed by atoms with Crippen molar-refractivity contribution in [1.29, 1.82) is 0 Å². The monoisotopic (exact) mass is 357 g/mol. The number of benzene rings is 1. The largest absolute Gasteiger partial charge is 0.465 e. The number of carbonyl (C=O) groups excluding carboxylic acids is 2. The lowest BCUT2D eigenvalue weighted by atomic mass is 9.53. The number of aryl methyl sites for hydroxylation is 1. The molecule has 5 rings (SSSR count). The fourth-order valence-electron chi connectivity index (χ4n) is 5.94. The van der Waals surface area contributed by atoms with E-state index in [1.165, 1.54) is 45.6 Å². The molecule has 0 aromatic heterocycles. The predicted octanol–water partition coefficient (Wildman–Crippen LogP) is 2.25. The smallest absolute Gasteiger partial charge is 0.337 e. The van der Waals surface area contributed by atoms with Gasteiger partial charge in [-0.15, -0.1) is 0 Å². The van der Waals surface area contributed by atoms with Gasteiger partial charge in [-0.2, -0.15) is 0 Å². The Morgan fingerprint density at radius 3 is 2.35 bits per heavy atom. The zero-order valence-electron chi connectivity index (χ0n) is 15.7. The van der Waals surface area contributed by atoms with Crippen LogP contribution >= 0.6 is 0 Å². The lowest BCUT2D eigenvalue weighted by molar-refractivity contribution is -0.729. The van der Waals surface area contributed by atoms with Crippen LogP contribution in [0.5, 0.6) is 0 Å². The van der Waals surface area contributed by atoms with E-state index >= 15 is 0 Å². The summed E-state index contributed by atoms with van der Waals surface area (Å²) in [6.45, 7) is 2.38. The maximum atomic E-state index is 12.5. The molecule has 1 amide bonds. The maximum Gasteiger partial charge on any atom is 0.337 e. The van der Waals surface area contributed by atoms with Crippen molar-refractivity contribution in [2.75, 3.05) is 19.0 Å². The molecule has 0 spiro atoms. The minimum Gasteiger partial charge on any atom is -0.465 e. The third-order valence-corrected chi connectivity index (χ3v) is 6.74. The Balaban J connectivity index is 1.38. The van der Waals surface area contributed by atoms with Crippen LogP contribution in [0.3, 0.4) is 0 Å². The van der Waals surface area contributed by atoms with Gasteiger partial charge in [0.15, 0.2) is 6.54 Å². The van der Waals surface area contributed by atoms with E-state index in [2.05, 4.69) is 10.6 Å². The normalized spacial score (nSPS) is 31.7. The highest BCUT2D eigenvalue weighted by molar-refractivity contribution is 5.95. The number of quaternary nitrogens is 1. The molecule has 0 radical (unpaired) electrons. The second-order valence-corrected chi connectivity index (χ2v) is 8.76. The molecule has 0 atom stereocenters. The van der Waals surface area contributed by atoms with Crippen LogP contribution in [0.1, 0.15) is 54.4 Å². The Morgan fingerprint density at radius 1 is 1.15 bits per heavy atom. The summed E-state index contributed by atoms with van der Waals surface area (Å²) in [7, 11) is 1.36. The van der Waals surface area contributed by atoms with Gasteiger partial charge in [0.25, 0.3) is 5.91 Å². The van der Waals surface area contributed by atoms with Crippen molar-refractivity contribution < 1.29 is 19.6 Å². The van der Waals surface area contributed by atoms with E-state index in [1.807, 2.05) is 13.0 Å². The summed E-state index contributed by atoms with van der Waals surface area (Å²) in [5.74, 6) is 2.28. The molecule has 3 N–H and O–H groups in total. The summed E-state index contributed by atoms with van der Waals surface area (Å²) in [6, 6.07) is 5.26. The molecule has 0 aliphatic heterocycles. The molecule has 4 fully saturated rings. The maximum absolute atomic E-state index is 12.5. The van der Waals surface area contributed by atoms with Crippen LogP contribution in [0.4, 0.5) is 5.69 Å². The molecule has 140 valence electrons. The van der Waals surface area contributed by atoms with Crippen LogP contribution < -0.4 is 10.6 Å². The molecule has 1 aromatic carbocycles. The molecule has 0 saturated heterocycles. The Hall–Kier alpha value is -1.88. The SMILES string of the molecule is COC(=O)c1ccc(C)c(NC(=O)C[NH2+]C23CC4CC(CC(C4)C2)C3)c1. The van der Waals surface area contributed by atoms with Crippen LogP contribution in [0.15, 0.2) is 18.2 Å². The van der Waals surface area contributed by atoms with Crippen molar-refractivity contribution in [1.82, 2.24) is 0 Å². The summed E-state index contributed by atoms with van der Waals surface area (Å²) >= 11 is 0. The summed E-state index contributed by atoms with van der Waals surface area (Å²) in [6.07, 6.45) is 8.09. The van der Waals surface area contributed by atoms with Gasteiger partial charge < -0.3 is 15.4 Å². The van der Waals surface area contributed by atoms with Crippen molar-refractivity contribution in [3.8, 4) is 0 Å². The molecular formula is C21H29N2O3+. The second-order valence-electron chi connectivity index (χ2n) is 8.76. The number of nitrogens with one attached hydrogen (secondary N) is 1. The van der Waals surface area contributed by atoms with E-state index in [9.17, 15) is 9.59 Å². The third kappa shape index (κ3) is 3.37. The first-order chi connectivity index (χ1) is 12.5. The molecular weight excluding hydrogens is 328 g/mol. The Bertz CT molecular complexity index is 693. The number of carbonyl (C=O) groups is 2. The lowest BCUT2D eigenvalue weighted by Crippen LogP contribution is -3.00. The molecule has 0 unspecified atom stereocenters. The number of nitrogens with two attached hydrogens (primary N) is 1. The van der Waals surface area contributed by atoms with Gasteiger partial charge in [-0.1, -0.05) is 6.07 Å². The first kappa shape index (κ1) is 17.5. The number of esters is 1. The van der Waals surface area contributed by atoms with Crippen LogP contribution in [0.25, 0.3) is 0 Å². The van der Waals surface area contributed by atoms with Crippen LogP contribution in [0.2, 0.25) is 0 Å². The zero-order valence-corrected chi connectivity index (χ0v) is 15.7. The standard InChI is InChI=1S/C21H28N2O3/c1-13-3-4-17(20(25)26-2)8-18(13)23-19(24)12-22-21-9-14-5-15(10-21)7-16(6-14)11-21/h3-4,8,14-16,22H,5-7,9-12H2,1-2H3,(H,23,24)/p+1. The van der Waals surface area contributed by atoms with Gasteiger partial charge in [0.1, 0.15) is 0 Å². The van der Waals surface area contributed by atoms with Gasteiger partial charge in [-0.3, -0.25) is 4.79 Å². The fraction of sp³-hybridized carbons (Fsp3) is 0.619. The first-order valence-electron chi connectivity index (χ1n) is 9.79. The van der Waals surface area contributed by atoms with Gasteiger partial charge in [0.05, 0.1) is 18.2 Å². The number of amides is 1. The number of ether oxygens (including phenoxy) is 1. The van der Waals surface area contributed by atoms with E-state index in [-0.39, 0.29) is 11.9 Å². The molecule has 0 heterocycles. The predicted molar refractivity (Wildman–Crippen MR) is 98.8 cm³/mol. The molecule has 4 aliphatic carbocycles. The molecule has 26 heavy (non-hydrogen) atoms. The van der Waals surface area contributed by atoms with Crippen LogP contribution in [-0.2, 0) is 9.53 Å². The van der Waals surface area contributed by atoms with Gasteiger partial charge >= 0.3 is 5.97 Å². The van der Waals surface area contributed by atoms with Crippen molar-refractivity contribution in [2.24, 2.45) is 17.8 Å². The van der Waals surface area contributed by atoms with E-state index < -0.39 is 0 Å². The van der Waals surface area contributed by atoms with E-state index in [0.717, 1.165) is 23.3 Å². The molecule has 4 saturated carbocycles. The number of methoxy groups -OCH3 is 1. The minimum absolute atomic E-state index is 0.00543. The molecule has 4 aliphatic rings. The summed E-state index contributed by atoms with van der Waals surface area (Å²) in [5, 5.41) is 5.30. The Morgan fingerprint density at radius 2 is 1.77 bits per heavy atom.